The Bertz CT molecular complexity index is 887. The van der Waals surface area contributed by atoms with Crippen molar-refractivity contribution in [3.8, 4) is 0 Å². The molecular formula is C17H19FN4O3S. The standard InChI is InChI=1S/C17H19FN4O3S/c18-13-3-1-12(2-4-13)5-7-19-16-9-15(20-11-21-16)17(23)22-14-6-8-26(24,25)10-14/h1-4,9,11,14H,5-8,10H2,(H,22,23)(H,19,20,21). The molecule has 2 heterocycles. The van der Waals surface area contributed by atoms with Crippen LogP contribution in [-0.4, -0.2) is 48.4 Å². The maximum absolute atomic E-state index is 12.9. The quantitative estimate of drug-likeness (QED) is 0.783. The van der Waals surface area contributed by atoms with Crippen molar-refractivity contribution in [1.29, 1.82) is 0 Å². The van der Waals surface area contributed by atoms with Gasteiger partial charge >= 0.3 is 0 Å². The Labute approximate surface area is 151 Å². The van der Waals surface area contributed by atoms with Crippen LogP contribution >= 0.6 is 0 Å². The summed E-state index contributed by atoms with van der Waals surface area (Å²) in [7, 11) is -3.06. The molecule has 0 spiro atoms. The summed E-state index contributed by atoms with van der Waals surface area (Å²) in [6.07, 6.45) is 2.37. The van der Waals surface area contributed by atoms with Gasteiger partial charge in [-0.1, -0.05) is 12.1 Å². The molecule has 2 aromatic rings. The van der Waals surface area contributed by atoms with Gasteiger partial charge in [0, 0.05) is 18.7 Å². The van der Waals surface area contributed by atoms with Crippen LogP contribution in [0.4, 0.5) is 10.2 Å². The first-order chi connectivity index (χ1) is 12.4. The third kappa shape index (κ3) is 4.98. The minimum atomic E-state index is -3.06. The Kier molecular flexibility index (Phi) is 5.46. The minimum Gasteiger partial charge on any atom is -0.370 e. The second kappa shape index (κ2) is 7.77. The zero-order chi connectivity index (χ0) is 18.6. The molecule has 0 radical (unpaired) electrons. The average Bonchev–Trinajstić information content (AvgIpc) is 2.95. The van der Waals surface area contributed by atoms with Crippen LogP contribution in [0.15, 0.2) is 36.7 Å². The van der Waals surface area contributed by atoms with Crippen LogP contribution in [-0.2, 0) is 16.3 Å². The Morgan fingerprint density at radius 3 is 2.69 bits per heavy atom. The molecule has 2 N–H and O–H groups in total. The van der Waals surface area contributed by atoms with Gasteiger partial charge in [0.25, 0.3) is 5.91 Å². The fraction of sp³-hybridized carbons (Fsp3) is 0.353. The third-order valence-electron chi connectivity index (χ3n) is 4.10. The number of nitrogens with one attached hydrogen (secondary N) is 2. The number of aromatic nitrogens is 2. The van der Waals surface area contributed by atoms with Gasteiger partial charge in [0.05, 0.1) is 11.5 Å². The summed E-state index contributed by atoms with van der Waals surface area (Å²) in [5.41, 5.74) is 1.15. The van der Waals surface area contributed by atoms with Gasteiger partial charge in [-0.05, 0) is 30.5 Å². The fourth-order valence-electron chi connectivity index (χ4n) is 2.73. The molecule has 1 unspecified atom stereocenters. The normalized spacial score (nSPS) is 18.4. The predicted octanol–water partition coefficient (Wildman–Crippen LogP) is 1.19. The van der Waals surface area contributed by atoms with E-state index in [0.717, 1.165) is 5.56 Å². The molecule has 1 aliphatic rings. The topological polar surface area (TPSA) is 101 Å². The molecule has 1 aromatic carbocycles. The number of benzene rings is 1. The van der Waals surface area contributed by atoms with E-state index in [1.807, 2.05) is 0 Å². The van der Waals surface area contributed by atoms with Crippen LogP contribution in [0, 0.1) is 5.82 Å². The molecule has 1 fully saturated rings. The molecule has 0 bridgehead atoms. The summed E-state index contributed by atoms with van der Waals surface area (Å²) >= 11 is 0. The lowest BCUT2D eigenvalue weighted by molar-refractivity contribution is 0.0936. The predicted molar refractivity (Wildman–Crippen MR) is 95.2 cm³/mol. The number of hydrogen-bond donors (Lipinski definition) is 2. The summed E-state index contributed by atoms with van der Waals surface area (Å²) in [6, 6.07) is 7.38. The van der Waals surface area contributed by atoms with E-state index in [1.165, 1.54) is 24.5 Å². The molecule has 138 valence electrons. The zero-order valence-electron chi connectivity index (χ0n) is 14.0. The van der Waals surface area contributed by atoms with E-state index in [-0.39, 0.29) is 29.1 Å². The Morgan fingerprint density at radius 2 is 2.00 bits per heavy atom. The van der Waals surface area contributed by atoms with E-state index in [0.29, 0.717) is 25.2 Å². The Hall–Kier alpha value is -2.55. The largest absolute Gasteiger partial charge is 0.370 e. The lowest BCUT2D eigenvalue weighted by Gasteiger charge is -2.11. The van der Waals surface area contributed by atoms with E-state index < -0.39 is 15.7 Å². The molecule has 3 rings (SSSR count). The molecule has 1 aromatic heterocycles. The SMILES string of the molecule is O=C(NC1CCS(=O)(=O)C1)c1cc(NCCc2ccc(F)cc2)ncn1. The number of carbonyl (C=O) groups is 1. The van der Waals surface area contributed by atoms with Crippen molar-refractivity contribution in [2.75, 3.05) is 23.4 Å². The summed E-state index contributed by atoms with van der Waals surface area (Å²) in [6.45, 7) is 0.560. The highest BCUT2D eigenvalue weighted by Crippen LogP contribution is 2.12. The molecule has 26 heavy (non-hydrogen) atoms. The molecule has 0 saturated carbocycles. The van der Waals surface area contributed by atoms with Gasteiger partial charge in [0.1, 0.15) is 23.7 Å². The molecular weight excluding hydrogens is 359 g/mol. The van der Waals surface area contributed by atoms with Crippen molar-refractivity contribution in [3.05, 3.63) is 53.7 Å². The van der Waals surface area contributed by atoms with Crippen molar-refractivity contribution in [1.82, 2.24) is 15.3 Å². The maximum atomic E-state index is 12.9. The van der Waals surface area contributed by atoms with Crippen molar-refractivity contribution < 1.29 is 17.6 Å². The van der Waals surface area contributed by atoms with Gasteiger partial charge in [0.2, 0.25) is 0 Å². The highest BCUT2D eigenvalue weighted by Gasteiger charge is 2.29. The van der Waals surface area contributed by atoms with E-state index in [2.05, 4.69) is 20.6 Å². The first-order valence-corrected chi connectivity index (χ1v) is 10.0. The van der Waals surface area contributed by atoms with Crippen molar-refractivity contribution in [2.24, 2.45) is 0 Å². The highest BCUT2D eigenvalue weighted by atomic mass is 32.2. The second-order valence-corrected chi connectivity index (χ2v) is 8.39. The average molecular weight is 378 g/mol. The second-order valence-electron chi connectivity index (χ2n) is 6.17. The number of amides is 1. The van der Waals surface area contributed by atoms with Gasteiger partial charge in [-0.15, -0.1) is 0 Å². The first-order valence-electron chi connectivity index (χ1n) is 8.23. The van der Waals surface area contributed by atoms with E-state index in [1.54, 1.807) is 12.1 Å². The molecule has 9 heteroatoms. The van der Waals surface area contributed by atoms with Crippen molar-refractivity contribution >= 4 is 21.6 Å². The van der Waals surface area contributed by atoms with E-state index >= 15 is 0 Å². The lowest BCUT2D eigenvalue weighted by atomic mass is 10.1. The fourth-order valence-corrected chi connectivity index (χ4v) is 4.41. The van der Waals surface area contributed by atoms with Gasteiger partial charge in [0.15, 0.2) is 9.84 Å². The summed E-state index contributed by atoms with van der Waals surface area (Å²) in [5, 5.41) is 5.78. The smallest absolute Gasteiger partial charge is 0.270 e. The van der Waals surface area contributed by atoms with Crippen LogP contribution in [0.1, 0.15) is 22.5 Å². The first kappa shape index (κ1) is 18.2. The molecule has 1 atom stereocenters. The highest BCUT2D eigenvalue weighted by molar-refractivity contribution is 7.91. The summed E-state index contributed by atoms with van der Waals surface area (Å²) < 4.78 is 35.8. The molecule has 1 amide bonds. The van der Waals surface area contributed by atoms with Gasteiger partial charge in [-0.2, -0.15) is 0 Å². The zero-order valence-corrected chi connectivity index (χ0v) is 14.8. The number of halogens is 1. The van der Waals surface area contributed by atoms with Crippen LogP contribution in [0.2, 0.25) is 0 Å². The molecule has 1 aliphatic heterocycles. The number of hydrogen-bond acceptors (Lipinski definition) is 6. The number of rotatable bonds is 6. The minimum absolute atomic E-state index is 0.0351. The number of nitrogens with zero attached hydrogens (tertiary/aromatic N) is 2. The molecule has 0 aliphatic carbocycles. The molecule has 1 saturated heterocycles. The number of anilines is 1. The number of sulfone groups is 1. The third-order valence-corrected chi connectivity index (χ3v) is 5.87. The van der Waals surface area contributed by atoms with E-state index in [4.69, 9.17) is 0 Å². The van der Waals surface area contributed by atoms with Crippen LogP contribution in [0.25, 0.3) is 0 Å². The summed E-state index contributed by atoms with van der Waals surface area (Å²) in [5.74, 6) is -0.143. The van der Waals surface area contributed by atoms with Gasteiger partial charge < -0.3 is 10.6 Å². The summed E-state index contributed by atoms with van der Waals surface area (Å²) in [4.78, 5) is 20.2. The van der Waals surface area contributed by atoms with Gasteiger partial charge in [-0.25, -0.2) is 22.8 Å². The van der Waals surface area contributed by atoms with Gasteiger partial charge in [-0.3, -0.25) is 4.79 Å². The van der Waals surface area contributed by atoms with Crippen LogP contribution in [0.3, 0.4) is 0 Å². The van der Waals surface area contributed by atoms with Crippen molar-refractivity contribution in [2.45, 2.75) is 18.9 Å². The van der Waals surface area contributed by atoms with Crippen LogP contribution < -0.4 is 10.6 Å². The van der Waals surface area contributed by atoms with E-state index in [9.17, 15) is 17.6 Å². The van der Waals surface area contributed by atoms with Crippen molar-refractivity contribution in [3.63, 3.8) is 0 Å². The molecule has 7 nitrogen and oxygen atoms in total. The Morgan fingerprint density at radius 1 is 1.23 bits per heavy atom. The monoisotopic (exact) mass is 378 g/mol. The number of carbonyl (C=O) groups excluding carboxylic acids is 1. The van der Waals surface area contributed by atoms with Crippen LogP contribution in [0.5, 0.6) is 0 Å². The maximum Gasteiger partial charge on any atom is 0.270 e. The lowest BCUT2D eigenvalue weighted by Crippen LogP contribution is -2.36. The Balaban J connectivity index is 1.54.